The molecule has 0 amide bonds. The van der Waals surface area contributed by atoms with E-state index in [-0.39, 0.29) is 0 Å². The molecule has 4 nitrogen and oxygen atoms in total. The molecular formula is C16H14N4. The lowest BCUT2D eigenvalue weighted by atomic mass is 10.2. The molecule has 98 valence electrons. The van der Waals surface area contributed by atoms with Crippen LogP contribution in [0.25, 0.3) is 16.6 Å². The van der Waals surface area contributed by atoms with E-state index in [1.807, 2.05) is 22.9 Å². The molecule has 0 N–H and O–H groups in total. The van der Waals surface area contributed by atoms with E-state index in [0.29, 0.717) is 0 Å². The normalized spacial score (nSPS) is 11.4. The van der Waals surface area contributed by atoms with E-state index in [2.05, 4.69) is 58.3 Å². The van der Waals surface area contributed by atoms with Gasteiger partial charge in [0.1, 0.15) is 5.52 Å². The van der Waals surface area contributed by atoms with Gasteiger partial charge in [-0.2, -0.15) is 0 Å². The van der Waals surface area contributed by atoms with Gasteiger partial charge in [0.05, 0.1) is 12.1 Å². The molecule has 1 aromatic carbocycles. The van der Waals surface area contributed by atoms with E-state index in [1.54, 1.807) is 0 Å². The van der Waals surface area contributed by atoms with Gasteiger partial charge in [-0.15, -0.1) is 5.10 Å². The van der Waals surface area contributed by atoms with Crippen LogP contribution in [0.15, 0.2) is 54.9 Å². The smallest absolute Gasteiger partial charge is 0.113 e. The molecule has 0 aliphatic heterocycles. The lowest BCUT2D eigenvalue weighted by Gasteiger charge is -1.98. The van der Waals surface area contributed by atoms with Gasteiger partial charge < -0.3 is 4.40 Å². The summed E-state index contributed by atoms with van der Waals surface area (Å²) in [7, 11) is 0. The molecular weight excluding hydrogens is 248 g/mol. The van der Waals surface area contributed by atoms with E-state index < -0.39 is 0 Å². The van der Waals surface area contributed by atoms with Crippen LogP contribution >= 0.6 is 0 Å². The summed E-state index contributed by atoms with van der Waals surface area (Å²) in [6, 6.07) is 14.4. The highest BCUT2D eigenvalue weighted by atomic mass is 15.4. The molecule has 4 heteroatoms. The predicted molar refractivity (Wildman–Crippen MR) is 78.8 cm³/mol. The van der Waals surface area contributed by atoms with Crippen molar-refractivity contribution in [2.24, 2.45) is 0 Å². The maximum Gasteiger partial charge on any atom is 0.113 e. The molecule has 0 saturated carbocycles. The van der Waals surface area contributed by atoms with Gasteiger partial charge in [-0.3, -0.25) is 0 Å². The highest BCUT2D eigenvalue weighted by Gasteiger charge is 2.06. The Kier molecular flexibility index (Phi) is 2.36. The standard InChI is InChI=1S/C16H14N4/c1-12-5-4-8-19-10-13(9-16(12)19)11-20-15-7-3-2-6-14(15)17-18-20/h2-10H,11H2,1H3. The van der Waals surface area contributed by atoms with E-state index in [9.17, 15) is 0 Å². The van der Waals surface area contributed by atoms with Crippen LogP contribution in [0.1, 0.15) is 11.1 Å². The van der Waals surface area contributed by atoms with Crippen LogP contribution < -0.4 is 0 Å². The molecule has 0 saturated heterocycles. The molecule has 4 rings (SSSR count). The van der Waals surface area contributed by atoms with Gasteiger partial charge in [-0.25, -0.2) is 4.68 Å². The summed E-state index contributed by atoms with van der Waals surface area (Å²) in [6.45, 7) is 2.87. The first kappa shape index (κ1) is 11.2. The van der Waals surface area contributed by atoms with Crippen LogP contribution in [0.3, 0.4) is 0 Å². The van der Waals surface area contributed by atoms with Crippen molar-refractivity contribution in [1.82, 2.24) is 19.4 Å². The van der Waals surface area contributed by atoms with Crippen LogP contribution in [0.4, 0.5) is 0 Å². The minimum absolute atomic E-state index is 0.738. The number of fused-ring (bicyclic) bond motifs is 2. The fourth-order valence-corrected chi connectivity index (χ4v) is 2.64. The molecule has 0 bridgehead atoms. The zero-order valence-corrected chi connectivity index (χ0v) is 11.2. The Morgan fingerprint density at radius 2 is 1.95 bits per heavy atom. The van der Waals surface area contributed by atoms with Gasteiger partial charge in [-0.05, 0) is 42.3 Å². The van der Waals surface area contributed by atoms with Crippen LogP contribution in [0, 0.1) is 6.92 Å². The topological polar surface area (TPSA) is 35.1 Å². The van der Waals surface area contributed by atoms with Gasteiger partial charge in [-0.1, -0.05) is 23.4 Å². The minimum atomic E-state index is 0.738. The number of aromatic nitrogens is 4. The van der Waals surface area contributed by atoms with Gasteiger partial charge >= 0.3 is 0 Å². The summed E-state index contributed by atoms with van der Waals surface area (Å²) >= 11 is 0. The second-order valence-corrected chi connectivity index (χ2v) is 5.07. The number of aryl methyl sites for hydroxylation is 1. The quantitative estimate of drug-likeness (QED) is 0.556. The minimum Gasteiger partial charge on any atom is -0.323 e. The molecule has 0 unspecified atom stereocenters. The van der Waals surface area contributed by atoms with Crippen molar-refractivity contribution in [2.45, 2.75) is 13.5 Å². The largest absolute Gasteiger partial charge is 0.323 e. The number of benzene rings is 1. The third kappa shape index (κ3) is 1.69. The Bertz CT molecular complexity index is 901. The number of hydrogen-bond acceptors (Lipinski definition) is 2. The van der Waals surface area contributed by atoms with Gasteiger partial charge in [0.15, 0.2) is 0 Å². The zero-order chi connectivity index (χ0) is 13.5. The highest BCUT2D eigenvalue weighted by molar-refractivity contribution is 5.74. The first-order valence-electron chi connectivity index (χ1n) is 6.66. The van der Waals surface area contributed by atoms with Crippen molar-refractivity contribution in [3.8, 4) is 0 Å². The molecule has 0 aliphatic carbocycles. The van der Waals surface area contributed by atoms with Gasteiger partial charge in [0, 0.05) is 17.9 Å². The second kappa shape index (κ2) is 4.20. The van der Waals surface area contributed by atoms with E-state index in [4.69, 9.17) is 0 Å². The molecule has 4 aromatic rings. The average Bonchev–Trinajstić information content (AvgIpc) is 3.05. The second-order valence-electron chi connectivity index (χ2n) is 5.07. The average molecular weight is 262 g/mol. The Hall–Kier alpha value is -2.62. The van der Waals surface area contributed by atoms with E-state index >= 15 is 0 Å². The lowest BCUT2D eigenvalue weighted by molar-refractivity contribution is 0.670. The summed E-state index contributed by atoms with van der Waals surface area (Å²) < 4.78 is 4.10. The maximum atomic E-state index is 4.24. The summed E-state index contributed by atoms with van der Waals surface area (Å²) in [6.07, 6.45) is 4.23. The molecule has 0 fully saturated rings. The number of pyridine rings is 1. The van der Waals surface area contributed by atoms with Crippen LogP contribution in [-0.2, 0) is 6.54 Å². The Morgan fingerprint density at radius 1 is 1.05 bits per heavy atom. The van der Waals surface area contributed by atoms with Crippen molar-refractivity contribution < 1.29 is 0 Å². The SMILES string of the molecule is Cc1cccn2cc(Cn3nnc4ccccc43)cc12. The van der Waals surface area contributed by atoms with Crippen molar-refractivity contribution >= 4 is 16.6 Å². The molecule has 0 spiro atoms. The molecule has 0 aliphatic rings. The molecule has 0 radical (unpaired) electrons. The van der Waals surface area contributed by atoms with E-state index in [0.717, 1.165) is 17.6 Å². The van der Waals surface area contributed by atoms with Crippen LogP contribution in [0.2, 0.25) is 0 Å². The fraction of sp³-hybridized carbons (Fsp3) is 0.125. The maximum absolute atomic E-state index is 4.24. The summed E-state index contributed by atoms with van der Waals surface area (Å²) in [5.74, 6) is 0. The third-order valence-corrected chi connectivity index (χ3v) is 3.65. The number of hydrogen-bond donors (Lipinski definition) is 0. The summed E-state index contributed by atoms with van der Waals surface area (Å²) in [5, 5.41) is 8.43. The number of rotatable bonds is 2. The Balaban J connectivity index is 1.79. The Morgan fingerprint density at radius 3 is 2.85 bits per heavy atom. The Labute approximate surface area is 116 Å². The first-order valence-corrected chi connectivity index (χ1v) is 6.66. The molecule has 3 heterocycles. The first-order chi connectivity index (χ1) is 9.81. The molecule has 0 atom stereocenters. The van der Waals surface area contributed by atoms with Crippen LogP contribution in [-0.4, -0.2) is 19.4 Å². The van der Waals surface area contributed by atoms with Crippen molar-refractivity contribution in [1.29, 1.82) is 0 Å². The lowest BCUT2D eigenvalue weighted by Crippen LogP contribution is -2.00. The van der Waals surface area contributed by atoms with E-state index in [1.165, 1.54) is 16.6 Å². The number of para-hydroxylation sites is 1. The van der Waals surface area contributed by atoms with Crippen molar-refractivity contribution in [2.75, 3.05) is 0 Å². The summed E-state index contributed by atoms with van der Waals surface area (Å²) in [5.41, 5.74) is 5.76. The van der Waals surface area contributed by atoms with Crippen LogP contribution in [0.5, 0.6) is 0 Å². The third-order valence-electron chi connectivity index (χ3n) is 3.65. The number of nitrogens with zero attached hydrogens (tertiary/aromatic N) is 4. The van der Waals surface area contributed by atoms with Crippen molar-refractivity contribution in [3.05, 3.63) is 66.0 Å². The predicted octanol–water partition coefficient (Wildman–Crippen LogP) is 3.04. The van der Waals surface area contributed by atoms with Crippen molar-refractivity contribution in [3.63, 3.8) is 0 Å². The monoisotopic (exact) mass is 262 g/mol. The fourth-order valence-electron chi connectivity index (χ4n) is 2.64. The van der Waals surface area contributed by atoms with Gasteiger partial charge in [0.25, 0.3) is 0 Å². The molecule has 20 heavy (non-hydrogen) atoms. The molecule has 3 aromatic heterocycles. The van der Waals surface area contributed by atoms with Gasteiger partial charge in [0.2, 0.25) is 0 Å². The highest BCUT2D eigenvalue weighted by Crippen LogP contribution is 2.17. The summed E-state index contributed by atoms with van der Waals surface area (Å²) in [4.78, 5) is 0. The zero-order valence-electron chi connectivity index (χ0n) is 11.2.